The van der Waals surface area contributed by atoms with Gasteiger partial charge in [0.05, 0.1) is 18.1 Å². The van der Waals surface area contributed by atoms with Crippen molar-refractivity contribution in [1.82, 2.24) is 0 Å². The van der Waals surface area contributed by atoms with Gasteiger partial charge in [0.25, 0.3) is 0 Å². The van der Waals surface area contributed by atoms with Crippen LogP contribution in [-0.4, -0.2) is 28.9 Å². The lowest BCUT2D eigenvalue weighted by Crippen LogP contribution is -2.55. The number of aryl methyl sites for hydroxylation is 1. The van der Waals surface area contributed by atoms with Gasteiger partial charge in [0.2, 0.25) is 5.91 Å². The Morgan fingerprint density at radius 1 is 1.16 bits per heavy atom. The molecule has 7 unspecified atom stereocenters. The number of benzene rings is 1. The van der Waals surface area contributed by atoms with Crippen molar-refractivity contribution in [1.29, 1.82) is 0 Å². The lowest BCUT2D eigenvalue weighted by molar-refractivity contribution is -0.138. The minimum absolute atomic E-state index is 0.0411. The van der Waals surface area contributed by atoms with Crippen molar-refractivity contribution in [2.24, 2.45) is 29.6 Å². The van der Waals surface area contributed by atoms with Crippen molar-refractivity contribution in [3.05, 3.63) is 29.8 Å². The first-order valence-corrected chi connectivity index (χ1v) is 9.89. The average molecular weight is 339 g/mol. The molecule has 1 amide bonds. The molecule has 3 saturated carbocycles. The Balaban J connectivity index is 1.54. The van der Waals surface area contributed by atoms with E-state index in [1.807, 2.05) is 4.90 Å². The summed E-state index contributed by atoms with van der Waals surface area (Å²) in [5.74, 6) is 1.31. The van der Waals surface area contributed by atoms with E-state index < -0.39 is 11.8 Å². The number of fused-ring (bicyclic) bond motifs is 2. The number of nitrogens with zero attached hydrogens (tertiary/aromatic N) is 1. The number of ether oxygens (including phenoxy) is 1. The second-order valence-electron chi connectivity index (χ2n) is 8.93. The summed E-state index contributed by atoms with van der Waals surface area (Å²) in [6.45, 7) is 2.07. The Kier molecular flexibility index (Phi) is 2.75. The van der Waals surface area contributed by atoms with Gasteiger partial charge in [-0.2, -0.15) is 0 Å². The van der Waals surface area contributed by atoms with Crippen LogP contribution in [-0.2, 0) is 9.53 Å². The molecule has 4 heteroatoms. The highest BCUT2D eigenvalue weighted by Gasteiger charge is 2.79. The fourth-order valence-corrected chi connectivity index (χ4v) is 7.12. The highest BCUT2D eigenvalue weighted by Crippen LogP contribution is 2.70. The fraction of sp³-hybridized carbons (Fsp3) is 0.667. The predicted molar refractivity (Wildman–Crippen MR) is 92.8 cm³/mol. The molecule has 1 N–H and O–H groups in total. The van der Waals surface area contributed by atoms with E-state index >= 15 is 0 Å². The summed E-state index contributed by atoms with van der Waals surface area (Å²) in [4.78, 5) is 15.6. The van der Waals surface area contributed by atoms with Crippen LogP contribution in [0.5, 0.6) is 0 Å². The van der Waals surface area contributed by atoms with Gasteiger partial charge >= 0.3 is 0 Å². The summed E-state index contributed by atoms with van der Waals surface area (Å²) in [6.07, 6.45) is 5.20. The van der Waals surface area contributed by atoms with Gasteiger partial charge in [0, 0.05) is 17.5 Å². The molecule has 2 saturated heterocycles. The molecule has 7 atom stereocenters. The quantitative estimate of drug-likeness (QED) is 0.901. The van der Waals surface area contributed by atoms with Crippen molar-refractivity contribution in [3.63, 3.8) is 0 Å². The molecule has 0 spiro atoms. The SMILES string of the molecule is Cc1ccc(N2C(=O)C3C4CC5C(OC2(C2CCCC2)C53)C4O)cc1. The maximum atomic E-state index is 13.5. The maximum Gasteiger partial charge on any atom is 0.233 e. The molecule has 0 aromatic heterocycles. The maximum absolute atomic E-state index is 13.5. The Bertz CT molecular complexity index is 740. The zero-order valence-electron chi connectivity index (χ0n) is 14.6. The average Bonchev–Trinajstić information content (AvgIpc) is 3.36. The molecule has 4 nitrogen and oxygen atoms in total. The van der Waals surface area contributed by atoms with E-state index in [9.17, 15) is 9.90 Å². The number of carbonyl (C=O) groups is 1. The largest absolute Gasteiger partial charge is 0.390 e. The predicted octanol–water partition coefficient (Wildman–Crippen LogP) is 2.87. The number of anilines is 1. The van der Waals surface area contributed by atoms with Crippen LogP contribution in [0.2, 0.25) is 0 Å². The third kappa shape index (κ3) is 1.55. The van der Waals surface area contributed by atoms with Crippen molar-refractivity contribution in [2.75, 3.05) is 4.90 Å². The fourth-order valence-electron chi connectivity index (χ4n) is 7.12. The number of amides is 1. The van der Waals surface area contributed by atoms with Gasteiger partial charge in [-0.1, -0.05) is 30.5 Å². The minimum Gasteiger partial charge on any atom is -0.390 e. The molecular weight excluding hydrogens is 314 g/mol. The zero-order valence-corrected chi connectivity index (χ0v) is 14.6. The second-order valence-corrected chi connectivity index (χ2v) is 8.93. The first-order valence-electron chi connectivity index (χ1n) is 9.89. The number of carbonyl (C=O) groups excluding carboxylic acids is 1. The van der Waals surface area contributed by atoms with Crippen LogP contribution in [0.25, 0.3) is 0 Å². The van der Waals surface area contributed by atoms with Gasteiger partial charge < -0.3 is 9.84 Å². The lowest BCUT2D eigenvalue weighted by Gasteiger charge is -2.43. The lowest BCUT2D eigenvalue weighted by atomic mass is 9.73. The molecule has 25 heavy (non-hydrogen) atoms. The van der Waals surface area contributed by atoms with Gasteiger partial charge in [0.1, 0.15) is 0 Å². The minimum atomic E-state index is -0.505. The third-order valence-electron chi connectivity index (χ3n) is 7.94. The summed E-state index contributed by atoms with van der Waals surface area (Å²) in [5.41, 5.74) is 1.68. The van der Waals surface area contributed by atoms with Gasteiger partial charge in [-0.15, -0.1) is 0 Å². The number of hydrogen-bond acceptors (Lipinski definition) is 3. The van der Waals surface area contributed by atoms with E-state index in [1.54, 1.807) is 0 Å². The first kappa shape index (κ1) is 14.7. The summed E-state index contributed by atoms with van der Waals surface area (Å²) >= 11 is 0. The molecule has 5 fully saturated rings. The molecule has 1 aromatic rings. The zero-order chi connectivity index (χ0) is 16.9. The van der Waals surface area contributed by atoms with Crippen molar-refractivity contribution in [2.45, 2.75) is 57.0 Å². The number of hydrogen-bond donors (Lipinski definition) is 1. The highest BCUT2D eigenvalue weighted by atomic mass is 16.6. The summed E-state index contributed by atoms with van der Waals surface area (Å²) in [7, 11) is 0. The van der Waals surface area contributed by atoms with Crippen LogP contribution in [0.3, 0.4) is 0 Å². The van der Waals surface area contributed by atoms with Gasteiger partial charge in [0.15, 0.2) is 5.72 Å². The third-order valence-corrected chi connectivity index (χ3v) is 7.94. The molecule has 6 rings (SSSR count). The second kappa shape index (κ2) is 4.66. The van der Waals surface area contributed by atoms with Crippen LogP contribution >= 0.6 is 0 Å². The molecule has 0 radical (unpaired) electrons. The van der Waals surface area contributed by atoms with E-state index in [-0.39, 0.29) is 29.8 Å². The summed E-state index contributed by atoms with van der Waals surface area (Å²) < 4.78 is 6.74. The molecule has 2 aliphatic heterocycles. The van der Waals surface area contributed by atoms with E-state index in [4.69, 9.17) is 4.74 Å². The molecular formula is C21H25NO3. The Morgan fingerprint density at radius 3 is 2.60 bits per heavy atom. The van der Waals surface area contributed by atoms with Crippen molar-refractivity contribution < 1.29 is 14.6 Å². The van der Waals surface area contributed by atoms with Crippen LogP contribution in [0.1, 0.15) is 37.7 Å². The number of aliphatic hydroxyl groups excluding tert-OH is 1. The highest BCUT2D eigenvalue weighted by molar-refractivity contribution is 6.00. The van der Waals surface area contributed by atoms with Crippen molar-refractivity contribution in [3.8, 4) is 0 Å². The number of aliphatic hydroxyl groups is 1. The Morgan fingerprint density at radius 2 is 1.88 bits per heavy atom. The Hall–Kier alpha value is -1.39. The monoisotopic (exact) mass is 339 g/mol. The van der Waals surface area contributed by atoms with Crippen molar-refractivity contribution >= 4 is 11.6 Å². The van der Waals surface area contributed by atoms with Crippen LogP contribution in [0, 0.1) is 36.5 Å². The molecule has 3 aliphatic carbocycles. The molecule has 2 heterocycles. The van der Waals surface area contributed by atoms with Gasteiger partial charge in [-0.25, -0.2) is 0 Å². The Labute approximate surface area is 148 Å². The smallest absolute Gasteiger partial charge is 0.233 e. The van der Waals surface area contributed by atoms with Crippen LogP contribution in [0.4, 0.5) is 5.69 Å². The molecule has 2 bridgehead atoms. The van der Waals surface area contributed by atoms with Crippen LogP contribution < -0.4 is 4.90 Å². The topological polar surface area (TPSA) is 49.8 Å². The van der Waals surface area contributed by atoms with Crippen LogP contribution in [0.15, 0.2) is 24.3 Å². The molecule has 1 aromatic carbocycles. The summed E-state index contributed by atoms with van der Waals surface area (Å²) in [6, 6.07) is 8.32. The molecule has 5 aliphatic rings. The van der Waals surface area contributed by atoms with E-state index in [2.05, 4.69) is 31.2 Å². The van der Waals surface area contributed by atoms with Gasteiger partial charge in [-0.05, 0) is 50.2 Å². The van der Waals surface area contributed by atoms with E-state index in [1.165, 1.54) is 18.4 Å². The standard InChI is InChI=1S/C21H25NO3/c1-11-6-8-13(9-7-11)22-20(24)16-14-10-15-17(16)21(22,12-4-2-3-5-12)25-19(15)18(14)23/h6-9,12,14-19,23H,2-5,10H2,1H3. The van der Waals surface area contributed by atoms with Gasteiger partial charge in [-0.3, -0.25) is 9.69 Å². The number of rotatable bonds is 2. The van der Waals surface area contributed by atoms with E-state index in [0.29, 0.717) is 11.8 Å². The molecule has 132 valence electrons. The van der Waals surface area contributed by atoms with E-state index in [0.717, 1.165) is 24.9 Å². The first-order chi connectivity index (χ1) is 12.1. The summed E-state index contributed by atoms with van der Waals surface area (Å²) in [5, 5.41) is 10.7. The normalized spacial score (nSPS) is 47.4.